The van der Waals surface area contributed by atoms with Crippen LogP contribution in [0.3, 0.4) is 0 Å². The van der Waals surface area contributed by atoms with Crippen molar-refractivity contribution in [1.82, 2.24) is 19.8 Å². The van der Waals surface area contributed by atoms with Gasteiger partial charge in [0.1, 0.15) is 11.5 Å². The number of ether oxygens (including phenoxy) is 1. The van der Waals surface area contributed by atoms with Crippen LogP contribution in [0.25, 0.3) is 27.7 Å². The Hall–Kier alpha value is -3.75. The van der Waals surface area contributed by atoms with Crippen LogP contribution < -0.4 is 9.46 Å². The highest BCUT2D eigenvalue weighted by molar-refractivity contribution is 7.90. The smallest absolute Gasteiger partial charge is 0.256 e. The Labute approximate surface area is 210 Å². The molecule has 0 fully saturated rings. The van der Waals surface area contributed by atoms with E-state index in [2.05, 4.69) is 19.7 Å². The van der Waals surface area contributed by atoms with Gasteiger partial charge >= 0.3 is 0 Å². The van der Waals surface area contributed by atoms with Crippen molar-refractivity contribution >= 4 is 21.6 Å². The van der Waals surface area contributed by atoms with E-state index in [1.165, 1.54) is 19.0 Å². The first-order valence-corrected chi connectivity index (χ1v) is 13.1. The highest BCUT2D eigenvalue weighted by atomic mass is 32.2. The first-order chi connectivity index (χ1) is 17.1. The minimum absolute atomic E-state index is 0.0618. The number of carbonyl (C=O) groups excluding carboxylic acids is 1. The Morgan fingerprint density at radius 3 is 2.78 bits per heavy atom. The molecule has 4 rings (SSSR count). The Balaban J connectivity index is 1.59. The van der Waals surface area contributed by atoms with Crippen LogP contribution in [0.4, 0.5) is 5.69 Å². The molecule has 0 unspecified atom stereocenters. The third-order valence-corrected chi connectivity index (χ3v) is 7.03. The summed E-state index contributed by atoms with van der Waals surface area (Å²) in [6.07, 6.45) is 1.11. The van der Waals surface area contributed by atoms with Gasteiger partial charge in [-0.1, -0.05) is 23.4 Å². The first kappa shape index (κ1) is 25.3. The third-order valence-electron chi connectivity index (χ3n) is 5.76. The molecule has 0 aliphatic heterocycles. The second-order valence-corrected chi connectivity index (χ2v) is 10.8. The molecule has 1 aromatic heterocycles. The van der Waals surface area contributed by atoms with Crippen LogP contribution in [-0.2, 0) is 21.2 Å². The topological polar surface area (TPSA) is 119 Å². The van der Waals surface area contributed by atoms with Crippen molar-refractivity contribution in [3.05, 3.63) is 58.9 Å². The van der Waals surface area contributed by atoms with Gasteiger partial charge in [0, 0.05) is 31.3 Å². The first-order valence-electron chi connectivity index (χ1n) is 11.4. The van der Waals surface area contributed by atoms with Crippen LogP contribution in [0.15, 0.2) is 40.9 Å². The van der Waals surface area contributed by atoms with Gasteiger partial charge in [-0.2, -0.15) is 4.98 Å². The molecule has 1 amide bonds. The number of aromatic nitrogens is 2. The molecule has 1 N–H and O–H groups in total. The summed E-state index contributed by atoms with van der Waals surface area (Å²) in [4.78, 5) is 21.2. The number of rotatable bonds is 8. The van der Waals surface area contributed by atoms with Crippen LogP contribution in [0.1, 0.15) is 37.4 Å². The lowest BCUT2D eigenvalue weighted by Crippen LogP contribution is -2.37. The van der Waals surface area contributed by atoms with Gasteiger partial charge in [-0.05, 0) is 56.0 Å². The molecule has 2 aromatic carbocycles. The summed E-state index contributed by atoms with van der Waals surface area (Å²) >= 11 is 0. The Kier molecular flexibility index (Phi) is 7.10. The van der Waals surface area contributed by atoms with E-state index in [0.29, 0.717) is 35.7 Å². The van der Waals surface area contributed by atoms with Crippen LogP contribution >= 0.6 is 0 Å². The van der Waals surface area contributed by atoms with Gasteiger partial charge < -0.3 is 14.2 Å². The molecule has 11 heteroatoms. The fourth-order valence-corrected chi connectivity index (χ4v) is 5.42. The van der Waals surface area contributed by atoms with E-state index >= 15 is 0 Å². The predicted octanol–water partition coefficient (Wildman–Crippen LogP) is 3.74. The Morgan fingerprint density at radius 2 is 2.08 bits per heavy atom. The molecular formula is C25H27N5O5S. The van der Waals surface area contributed by atoms with Crippen molar-refractivity contribution in [3.63, 3.8) is 0 Å². The number of nitrogens with zero attached hydrogens (tertiary/aromatic N) is 4. The lowest BCUT2D eigenvalue weighted by atomic mass is 10.0. The van der Waals surface area contributed by atoms with E-state index in [0.717, 1.165) is 16.7 Å². The maximum Gasteiger partial charge on any atom is 0.256 e. The summed E-state index contributed by atoms with van der Waals surface area (Å²) in [5.41, 5.74) is 3.45. The normalized spacial score (nSPS) is 14.9. The molecule has 1 atom stereocenters. The zero-order chi connectivity index (χ0) is 26.0. The zero-order valence-electron chi connectivity index (χ0n) is 20.5. The highest BCUT2D eigenvalue weighted by Crippen LogP contribution is 2.38. The van der Waals surface area contributed by atoms with E-state index in [4.69, 9.17) is 15.8 Å². The molecule has 0 bridgehead atoms. The van der Waals surface area contributed by atoms with E-state index < -0.39 is 27.7 Å². The van der Waals surface area contributed by atoms with Crippen LogP contribution in [0.2, 0.25) is 0 Å². The zero-order valence-corrected chi connectivity index (χ0v) is 21.3. The van der Waals surface area contributed by atoms with Crippen molar-refractivity contribution in [3.8, 4) is 28.6 Å². The molecule has 3 aromatic rings. The number of benzene rings is 2. The molecule has 0 saturated heterocycles. The molecule has 36 heavy (non-hydrogen) atoms. The quantitative estimate of drug-likeness (QED) is 0.460. The second kappa shape index (κ2) is 10.1. The maximum absolute atomic E-state index is 12.5. The number of sulfonamides is 1. The van der Waals surface area contributed by atoms with Crippen LogP contribution in [-0.4, -0.2) is 55.3 Å². The molecular weight excluding hydrogens is 482 g/mol. The van der Waals surface area contributed by atoms with E-state index in [1.54, 1.807) is 18.2 Å². The number of nitrogens with one attached hydrogen (secondary N) is 1. The fraction of sp³-hybridized carbons (Fsp3) is 0.360. The number of carbonyl (C=O) groups is 1. The van der Waals surface area contributed by atoms with Gasteiger partial charge in [-0.15, -0.1) is 0 Å². The molecule has 188 valence electrons. The Bertz CT molecular complexity index is 1440. The second-order valence-electron chi connectivity index (χ2n) is 9.01. The summed E-state index contributed by atoms with van der Waals surface area (Å²) in [5.74, 6) is 0.0398. The Morgan fingerprint density at radius 1 is 1.31 bits per heavy atom. The SMILES string of the molecule is [C-]#[N+]c1cc(-c2nc(-c3cccc4c3CC[C@@H]4NS(=O)(=O)CC(=O)N(C)C)no2)ccc1OC(C)C. The van der Waals surface area contributed by atoms with Crippen molar-refractivity contribution in [2.45, 2.75) is 38.8 Å². The highest BCUT2D eigenvalue weighted by Gasteiger charge is 2.30. The number of amides is 1. The number of hydrogen-bond acceptors (Lipinski definition) is 7. The van der Waals surface area contributed by atoms with Gasteiger partial charge in [0.25, 0.3) is 5.89 Å². The standard InChI is InChI=1S/C25H27N5O5S/c1-15(2)34-22-12-9-16(13-21(22)26-3)25-27-24(28-35-25)19-8-6-7-18-17(19)10-11-20(18)29-36(32,33)14-23(31)30(4)5/h6-9,12-13,15,20,29H,10-11,14H2,1-2,4-5H3/t20-/m0/s1. The monoisotopic (exact) mass is 509 g/mol. The van der Waals surface area contributed by atoms with E-state index in [-0.39, 0.29) is 12.0 Å². The number of fused-ring (bicyclic) bond motifs is 1. The summed E-state index contributed by atoms with van der Waals surface area (Å²) in [6, 6.07) is 10.2. The third kappa shape index (κ3) is 5.40. The van der Waals surface area contributed by atoms with Gasteiger partial charge in [-0.25, -0.2) is 18.0 Å². The lowest BCUT2D eigenvalue weighted by Gasteiger charge is -2.16. The number of hydrogen-bond donors (Lipinski definition) is 1. The maximum atomic E-state index is 12.5. The molecule has 1 aliphatic carbocycles. The van der Waals surface area contributed by atoms with E-state index in [1.807, 2.05) is 32.0 Å². The van der Waals surface area contributed by atoms with Gasteiger partial charge in [0.15, 0.2) is 0 Å². The van der Waals surface area contributed by atoms with Crippen LogP contribution in [0, 0.1) is 6.57 Å². The predicted molar refractivity (Wildman–Crippen MR) is 134 cm³/mol. The molecule has 1 heterocycles. The average Bonchev–Trinajstić information content (AvgIpc) is 3.46. The summed E-state index contributed by atoms with van der Waals surface area (Å²) in [5, 5.41) is 4.14. The summed E-state index contributed by atoms with van der Waals surface area (Å²) < 4.78 is 38.9. The van der Waals surface area contributed by atoms with Crippen molar-refractivity contribution < 1.29 is 22.5 Å². The van der Waals surface area contributed by atoms with Crippen molar-refractivity contribution in [2.75, 3.05) is 19.8 Å². The van der Waals surface area contributed by atoms with E-state index in [9.17, 15) is 13.2 Å². The van der Waals surface area contributed by atoms with Gasteiger partial charge in [0.05, 0.1) is 12.7 Å². The molecule has 0 radical (unpaired) electrons. The molecule has 0 saturated carbocycles. The van der Waals surface area contributed by atoms with Gasteiger partial charge in [0.2, 0.25) is 27.4 Å². The average molecular weight is 510 g/mol. The van der Waals surface area contributed by atoms with Crippen LogP contribution in [0.5, 0.6) is 5.75 Å². The fourth-order valence-electron chi connectivity index (χ4n) is 4.08. The molecule has 10 nitrogen and oxygen atoms in total. The molecule has 1 aliphatic rings. The molecule has 0 spiro atoms. The largest absolute Gasteiger partial charge is 0.502 e. The summed E-state index contributed by atoms with van der Waals surface area (Å²) in [6.45, 7) is 11.2. The van der Waals surface area contributed by atoms with Crippen molar-refractivity contribution in [2.24, 2.45) is 0 Å². The minimum Gasteiger partial charge on any atom is -0.502 e. The summed E-state index contributed by atoms with van der Waals surface area (Å²) in [7, 11) is -0.768. The minimum atomic E-state index is -3.80. The lowest BCUT2D eigenvalue weighted by molar-refractivity contribution is -0.125. The van der Waals surface area contributed by atoms with Crippen molar-refractivity contribution in [1.29, 1.82) is 0 Å². The van der Waals surface area contributed by atoms with Gasteiger partial charge in [-0.3, -0.25) is 4.79 Å².